The summed E-state index contributed by atoms with van der Waals surface area (Å²) in [7, 11) is 0. The summed E-state index contributed by atoms with van der Waals surface area (Å²) in [6.07, 6.45) is 0. The summed E-state index contributed by atoms with van der Waals surface area (Å²) in [5.74, 6) is 0. The number of hydrogen-bond donors (Lipinski definition) is 1. The van der Waals surface area contributed by atoms with E-state index in [1.165, 1.54) is 10.5 Å². The zero-order valence-electron chi connectivity index (χ0n) is 10.2. The Kier molecular flexibility index (Phi) is 4.74. The fraction of sp³-hybridized carbons (Fsp3) is 0.538. The SMILES string of the molecule is CC(C)NCc1ccc(Cl)cc1SC1COC1. The van der Waals surface area contributed by atoms with Crippen LogP contribution in [0, 0.1) is 0 Å². The molecule has 0 atom stereocenters. The first-order valence-corrected chi connectivity index (χ1v) is 7.17. The van der Waals surface area contributed by atoms with Crippen LogP contribution in [0.2, 0.25) is 5.02 Å². The second kappa shape index (κ2) is 6.10. The van der Waals surface area contributed by atoms with Gasteiger partial charge in [-0.05, 0) is 17.7 Å². The van der Waals surface area contributed by atoms with E-state index < -0.39 is 0 Å². The lowest BCUT2D eigenvalue weighted by Gasteiger charge is -2.26. The van der Waals surface area contributed by atoms with Crippen molar-refractivity contribution in [2.75, 3.05) is 13.2 Å². The summed E-state index contributed by atoms with van der Waals surface area (Å²) in [5, 5.41) is 4.84. The van der Waals surface area contributed by atoms with Crippen molar-refractivity contribution >= 4 is 23.4 Å². The molecule has 0 aromatic heterocycles. The predicted octanol–water partition coefficient (Wildman–Crippen LogP) is 3.33. The maximum Gasteiger partial charge on any atom is 0.0611 e. The van der Waals surface area contributed by atoms with Gasteiger partial charge < -0.3 is 10.1 Å². The van der Waals surface area contributed by atoms with E-state index in [1.54, 1.807) is 0 Å². The van der Waals surface area contributed by atoms with E-state index in [2.05, 4.69) is 31.3 Å². The third-order valence-corrected chi connectivity index (χ3v) is 4.11. The molecule has 4 heteroatoms. The van der Waals surface area contributed by atoms with E-state index >= 15 is 0 Å². The van der Waals surface area contributed by atoms with Gasteiger partial charge in [-0.2, -0.15) is 0 Å². The van der Waals surface area contributed by atoms with Crippen LogP contribution in [0.25, 0.3) is 0 Å². The fourth-order valence-electron chi connectivity index (χ4n) is 1.56. The van der Waals surface area contributed by atoms with Crippen molar-refractivity contribution in [3.05, 3.63) is 28.8 Å². The monoisotopic (exact) mass is 271 g/mol. The van der Waals surface area contributed by atoms with Crippen molar-refractivity contribution in [1.82, 2.24) is 5.32 Å². The van der Waals surface area contributed by atoms with Gasteiger partial charge in [0.2, 0.25) is 0 Å². The van der Waals surface area contributed by atoms with Crippen LogP contribution in [0.5, 0.6) is 0 Å². The molecule has 0 saturated carbocycles. The van der Waals surface area contributed by atoms with Crippen molar-refractivity contribution in [1.29, 1.82) is 0 Å². The summed E-state index contributed by atoms with van der Waals surface area (Å²) in [6.45, 7) is 6.91. The first kappa shape index (κ1) is 13.2. The second-order valence-electron chi connectivity index (χ2n) is 4.56. The fourth-order valence-corrected chi connectivity index (χ4v) is 2.97. The summed E-state index contributed by atoms with van der Waals surface area (Å²) < 4.78 is 5.21. The molecule has 0 aliphatic carbocycles. The van der Waals surface area contributed by atoms with Gasteiger partial charge in [0, 0.05) is 22.5 Å². The van der Waals surface area contributed by atoms with Crippen LogP contribution in [0.4, 0.5) is 0 Å². The lowest BCUT2D eigenvalue weighted by molar-refractivity contribution is 0.0455. The molecule has 1 heterocycles. The Hall–Kier alpha value is -0.220. The predicted molar refractivity (Wildman–Crippen MR) is 73.9 cm³/mol. The summed E-state index contributed by atoms with van der Waals surface area (Å²) in [4.78, 5) is 1.28. The number of halogens is 1. The highest BCUT2D eigenvalue weighted by Gasteiger charge is 2.20. The minimum atomic E-state index is 0.496. The summed E-state index contributed by atoms with van der Waals surface area (Å²) in [5.41, 5.74) is 1.32. The van der Waals surface area contributed by atoms with Crippen molar-refractivity contribution in [2.24, 2.45) is 0 Å². The van der Waals surface area contributed by atoms with Crippen molar-refractivity contribution in [2.45, 2.75) is 36.6 Å². The lowest BCUT2D eigenvalue weighted by atomic mass is 10.2. The number of rotatable bonds is 5. The van der Waals surface area contributed by atoms with Crippen molar-refractivity contribution in [3.8, 4) is 0 Å². The average Bonchev–Trinajstić information content (AvgIpc) is 2.22. The Morgan fingerprint density at radius 3 is 2.82 bits per heavy atom. The Bertz CT molecular complexity index is 380. The van der Waals surface area contributed by atoms with Gasteiger partial charge in [-0.3, -0.25) is 0 Å². The van der Waals surface area contributed by atoms with Gasteiger partial charge in [0.15, 0.2) is 0 Å². The van der Waals surface area contributed by atoms with E-state index in [0.29, 0.717) is 11.3 Å². The molecule has 0 amide bonds. The molecule has 94 valence electrons. The van der Waals surface area contributed by atoms with Crippen LogP contribution in [-0.2, 0) is 11.3 Å². The topological polar surface area (TPSA) is 21.3 Å². The Morgan fingerprint density at radius 2 is 2.24 bits per heavy atom. The van der Waals surface area contributed by atoms with Gasteiger partial charge in [0.25, 0.3) is 0 Å². The number of benzene rings is 1. The number of thioether (sulfide) groups is 1. The highest BCUT2D eigenvalue weighted by atomic mass is 35.5. The molecule has 0 bridgehead atoms. The van der Waals surface area contributed by atoms with E-state index in [0.717, 1.165) is 24.8 Å². The molecule has 2 rings (SSSR count). The van der Waals surface area contributed by atoms with Crippen LogP contribution in [0.15, 0.2) is 23.1 Å². The molecule has 1 N–H and O–H groups in total. The maximum absolute atomic E-state index is 6.06. The van der Waals surface area contributed by atoms with E-state index in [-0.39, 0.29) is 0 Å². The molecular weight excluding hydrogens is 254 g/mol. The van der Waals surface area contributed by atoms with Gasteiger partial charge in [-0.25, -0.2) is 0 Å². The largest absolute Gasteiger partial charge is 0.379 e. The van der Waals surface area contributed by atoms with E-state index in [4.69, 9.17) is 16.3 Å². The molecule has 1 aromatic carbocycles. The Morgan fingerprint density at radius 1 is 1.47 bits per heavy atom. The average molecular weight is 272 g/mol. The molecule has 1 fully saturated rings. The second-order valence-corrected chi connectivity index (χ2v) is 6.34. The van der Waals surface area contributed by atoms with Gasteiger partial charge >= 0.3 is 0 Å². The van der Waals surface area contributed by atoms with Gasteiger partial charge in [0.05, 0.1) is 18.5 Å². The molecule has 0 spiro atoms. The number of nitrogens with one attached hydrogen (secondary N) is 1. The molecule has 1 aliphatic heterocycles. The van der Waals surface area contributed by atoms with Gasteiger partial charge in [-0.15, -0.1) is 11.8 Å². The maximum atomic E-state index is 6.06. The van der Waals surface area contributed by atoms with Crippen LogP contribution in [-0.4, -0.2) is 24.5 Å². The first-order chi connectivity index (χ1) is 8.15. The highest BCUT2D eigenvalue weighted by molar-refractivity contribution is 8.00. The lowest BCUT2D eigenvalue weighted by Crippen LogP contribution is -2.30. The highest BCUT2D eigenvalue weighted by Crippen LogP contribution is 2.32. The Labute approximate surface area is 112 Å². The third kappa shape index (κ3) is 3.88. The number of ether oxygens (including phenoxy) is 1. The molecule has 0 radical (unpaired) electrons. The molecule has 0 unspecified atom stereocenters. The minimum absolute atomic E-state index is 0.496. The quantitative estimate of drug-likeness (QED) is 0.888. The molecule has 1 aromatic rings. The first-order valence-electron chi connectivity index (χ1n) is 5.91. The molecule has 17 heavy (non-hydrogen) atoms. The molecule has 2 nitrogen and oxygen atoms in total. The van der Waals surface area contributed by atoms with Crippen LogP contribution in [0.1, 0.15) is 19.4 Å². The van der Waals surface area contributed by atoms with Crippen LogP contribution >= 0.6 is 23.4 Å². The van der Waals surface area contributed by atoms with Crippen LogP contribution in [0.3, 0.4) is 0 Å². The third-order valence-electron chi connectivity index (χ3n) is 2.63. The van der Waals surface area contributed by atoms with Crippen molar-refractivity contribution in [3.63, 3.8) is 0 Å². The molecule has 1 aliphatic rings. The zero-order valence-corrected chi connectivity index (χ0v) is 11.8. The molecule has 1 saturated heterocycles. The summed E-state index contributed by atoms with van der Waals surface area (Å²) in [6, 6.07) is 6.62. The summed E-state index contributed by atoms with van der Waals surface area (Å²) >= 11 is 7.93. The molecular formula is C13H18ClNOS. The van der Waals surface area contributed by atoms with Crippen molar-refractivity contribution < 1.29 is 4.74 Å². The van der Waals surface area contributed by atoms with E-state index in [1.807, 2.05) is 17.8 Å². The normalized spacial score (nSPS) is 16.2. The van der Waals surface area contributed by atoms with E-state index in [9.17, 15) is 0 Å². The smallest absolute Gasteiger partial charge is 0.0611 e. The van der Waals surface area contributed by atoms with Gasteiger partial charge in [-0.1, -0.05) is 31.5 Å². The number of hydrogen-bond acceptors (Lipinski definition) is 3. The minimum Gasteiger partial charge on any atom is -0.379 e. The Balaban J connectivity index is 2.06. The zero-order chi connectivity index (χ0) is 12.3. The standard InChI is InChI=1S/C13H18ClNOS/c1-9(2)15-6-10-3-4-11(14)5-13(10)17-12-7-16-8-12/h3-5,9,12,15H,6-8H2,1-2H3. The van der Waals surface area contributed by atoms with Crippen LogP contribution < -0.4 is 5.32 Å². The van der Waals surface area contributed by atoms with Gasteiger partial charge in [0.1, 0.15) is 0 Å².